The van der Waals surface area contributed by atoms with Gasteiger partial charge in [-0.15, -0.1) is 0 Å². The standard InChI is InChI=1S/C14H13ClSe/c1-11(12-5-3-2-4-6-12)16-14-9-7-13(15)8-10-14/h2-11H,1H3/t11-/m1/s1. The van der Waals surface area contributed by atoms with Crippen LogP contribution in [0, 0.1) is 0 Å². The van der Waals surface area contributed by atoms with Gasteiger partial charge in [-0.2, -0.15) is 0 Å². The van der Waals surface area contributed by atoms with Crippen LogP contribution in [-0.4, -0.2) is 15.0 Å². The van der Waals surface area contributed by atoms with Crippen molar-refractivity contribution in [3.8, 4) is 0 Å². The van der Waals surface area contributed by atoms with Crippen molar-refractivity contribution in [2.24, 2.45) is 0 Å². The van der Waals surface area contributed by atoms with E-state index in [1.54, 1.807) is 0 Å². The van der Waals surface area contributed by atoms with Gasteiger partial charge >= 0.3 is 108 Å². The molecule has 0 aromatic heterocycles. The first kappa shape index (κ1) is 11.7. The number of benzene rings is 2. The Labute approximate surface area is 108 Å². The van der Waals surface area contributed by atoms with Gasteiger partial charge in [0.05, 0.1) is 0 Å². The molecule has 0 heterocycles. The summed E-state index contributed by atoms with van der Waals surface area (Å²) in [5.74, 6) is 0. The SMILES string of the molecule is C[C@@H]([Se]c1ccc(Cl)cc1)c1ccccc1. The third-order valence-corrected chi connectivity index (χ3v) is 5.10. The Morgan fingerprint density at radius 3 is 2.19 bits per heavy atom. The molecular formula is C14H13ClSe. The molecule has 0 spiro atoms. The van der Waals surface area contributed by atoms with Crippen LogP contribution in [0.4, 0.5) is 0 Å². The topological polar surface area (TPSA) is 0 Å². The Hall–Kier alpha value is -0.751. The Balaban J connectivity index is 2.08. The predicted molar refractivity (Wildman–Crippen MR) is 71.7 cm³/mol. The van der Waals surface area contributed by atoms with E-state index in [2.05, 4.69) is 49.4 Å². The molecule has 82 valence electrons. The summed E-state index contributed by atoms with van der Waals surface area (Å²) in [6.07, 6.45) is 0. The first-order valence-corrected chi connectivity index (χ1v) is 7.45. The normalized spacial score (nSPS) is 12.4. The maximum absolute atomic E-state index is 5.87. The molecule has 0 aliphatic carbocycles. The summed E-state index contributed by atoms with van der Waals surface area (Å²) in [7, 11) is 0. The fourth-order valence-electron chi connectivity index (χ4n) is 1.51. The van der Waals surface area contributed by atoms with Crippen LogP contribution in [-0.2, 0) is 0 Å². The molecular weight excluding hydrogens is 283 g/mol. The number of halogens is 1. The molecule has 0 N–H and O–H groups in total. The number of rotatable bonds is 3. The summed E-state index contributed by atoms with van der Waals surface area (Å²) in [6.45, 7) is 2.28. The van der Waals surface area contributed by atoms with Gasteiger partial charge in [-0.25, -0.2) is 0 Å². The van der Waals surface area contributed by atoms with Crippen molar-refractivity contribution in [1.82, 2.24) is 0 Å². The Morgan fingerprint density at radius 1 is 0.938 bits per heavy atom. The van der Waals surface area contributed by atoms with E-state index < -0.39 is 0 Å². The first-order chi connectivity index (χ1) is 7.75. The second-order valence-corrected chi connectivity index (χ2v) is 7.03. The summed E-state index contributed by atoms with van der Waals surface area (Å²) < 4.78 is 1.40. The molecule has 2 rings (SSSR count). The Bertz CT molecular complexity index is 436. The van der Waals surface area contributed by atoms with Crippen molar-refractivity contribution in [3.63, 3.8) is 0 Å². The summed E-state index contributed by atoms with van der Waals surface area (Å²) >= 11 is 6.34. The third kappa shape index (κ3) is 3.12. The first-order valence-electron chi connectivity index (χ1n) is 5.23. The van der Waals surface area contributed by atoms with Crippen molar-refractivity contribution in [2.45, 2.75) is 11.7 Å². The molecule has 2 aromatic rings. The van der Waals surface area contributed by atoms with Crippen molar-refractivity contribution >= 4 is 31.0 Å². The van der Waals surface area contributed by atoms with Gasteiger partial charge in [0.1, 0.15) is 0 Å². The van der Waals surface area contributed by atoms with Crippen LogP contribution in [0.25, 0.3) is 0 Å². The van der Waals surface area contributed by atoms with E-state index in [0.29, 0.717) is 19.8 Å². The monoisotopic (exact) mass is 296 g/mol. The zero-order chi connectivity index (χ0) is 11.4. The van der Waals surface area contributed by atoms with Crippen molar-refractivity contribution in [1.29, 1.82) is 0 Å². The molecule has 0 fully saturated rings. The van der Waals surface area contributed by atoms with Gasteiger partial charge in [-0.1, -0.05) is 0 Å². The zero-order valence-corrected chi connectivity index (χ0v) is 11.5. The maximum atomic E-state index is 5.87. The van der Waals surface area contributed by atoms with Crippen molar-refractivity contribution < 1.29 is 0 Å². The van der Waals surface area contributed by atoms with Gasteiger partial charge < -0.3 is 0 Å². The van der Waals surface area contributed by atoms with Gasteiger partial charge in [-0.05, 0) is 0 Å². The quantitative estimate of drug-likeness (QED) is 0.761. The van der Waals surface area contributed by atoms with E-state index in [4.69, 9.17) is 11.6 Å². The van der Waals surface area contributed by atoms with E-state index in [9.17, 15) is 0 Å². The van der Waals surface area contributed by atoms with Crippen LogP contribution in [0.5, 0.6) is 0 Å². The van der Waals surface area contributed by atoms with Crippen molar-refractivity contribution in [3.05, 3.63) is 65.2 Å². The number of hydrogen-bond donors (Lipinski definition) is 0. The molecule has 2 aromatic carbocycles. The molecule has 1 atom stereocenters. The van der Waals surface area contributed by atoms with E-state index in [0.717, 1.165) is 5.02 Å². The summed E-state index contributed by atoms with van der Waals surface area (Å²) in [6, 6.07) is 18.8. The molecule has 2 heteroatoms. The predicted octanol–water partition coefficient (Wildman–Crippen LogP) is 3.43. The van der Waals surface area contributed by atoms with Crippen LogP contribution in [0.15, 0.2) is 54.6 Å². The van der Waals surface area contributed by atoms with Gasteiger partial charge in [0.2, 0.25) is 0 Å². The van der Waals surface area contributed by atoms with Crippen molar-refractivity contribution in [2.75, 3.05) is 0 Å². The van der Waals surface area contributed by atoms with E-state index in [1.165, 1.54) is 10.0 Å². The minimum atomic E-state index is 0.464. The molecule has 0 nitrogen and oxygen atoms in total. The van der Waals surface area contributed by atoms with Crippen LogP contribution < -0.4 is 4.46 Å². The summed E-state index contributed by atoms with van der Waals surface area (Å²) in [5.41, 5.74) is 1.41. The second-order valence-electron chi connectivity index (χ2n) is 3.62. The molecule has 0 unspecified atom stereocenters. The van der Waals surface area contributed by atoms with Gasteiger partial charge in [0.15, 0.2) is 0 Å². The Morgan fingerprint density at radius 2 is 1.56 bits per heavy atom. The fourth-order valence-corrected chi connectivity index (χ4v) is 3.72. The van der Waals surface area contributed by atoms with Crippen LogP contribution in [0.2, 0.25) is 5.02 Å². The van der Waals surface area contributed by atoms with E-state index >= 15 is 0 Å². The summed E-state index contributed by atoms with van der Waals surface area (Å²) in [5, 5.41) is 0.812. The van der Waals surface area contributed by atoms with E-state index in [1.807, 2.05) is 12.1 Å². The molecule has 0 bridgehead atoms. The second kappa shape index (κ2) is 5.54. The summed E-state index contributed by atoms with van der Waals surface area (Å²) in [4.78, 5) is 0.606. The van der Waals surface area contributed by atoms with E-state index in [-0.39, 0.29) is 0 Å². The average molecular weight is 296 g/mol. The van der Waals surface area contributed by atoms with Gasteiger partial charge in [-0.3, -0.25) is 0 Å². The molecule has 0 saturated carbocycles. The zero-order valence-electron chi connectivity index (χ0n) is 9.06. The number of hydrogen-bond acceptors (Lipinski definition) is 0. The van der Waals surface area contributed by atoms with Gasteiger partial charge in [0, 0.05) is 0 Å². The van der Waals surface area contributed by atoms with Crippen LogP contribution >= 0.6 is 11.6 Å². The molecule has 16 heavy (non-hydrogen) atoms. The molecule has 0 aliphatic heterocycles. The van der Waals surface area contributed by atoms with Gasteiger partial charge in [0.25, 0.3) is 0 Å². The van der Waals surface area contributed by atoms with Crippen LogP contribution in [0.3, 0.4) is 0 Å². The fraction of sp³-hybridized carbons (Fsp3) is 0.143. The molecule has 0 radical (unpaired) electrons. The minimum absolute atomic E-state index is 0.464. The molecule has 0 amide bonds. The average Bonchev–Trinajstić information content (AvgIpc) is 2.33. The third-order valence-electron chi connectivity index (χ3n) is 2.40. The molecule has 0 saturated heterocycles. The molecule has 0 aliphatic rings. The van der Waals surface area contributed by atoms with Crippen LogP contribution in [0.1, 0.15) is 17.3 Å². The Kier molecular flexibility index (Phi) is 4.06.